The molecule has 9 heavy (non-hydrogen) atoms. The van der Waals surface area contributed by atoms with Crippen molar-refractivity contribution in [2.24, 2.45) is 16.7 Å². The average molecular weight is 124 g/mol. The third-order valence-electron chi connectivity index (χ3n) is 4.36. The molecule has 0 nitrogen and oxygen atoms in total. The third-order valence-corrected chi connectivity index (χ3v) is 4.36. The molecule has 0 radical (unpaired) electrons. The molecular weight excluding hydrogens is 108 g/mol. The van der Waals surface area contributed by atoms with Crippen molar-refractivity contribution in [1.29, 1.82) is 0 Å². The number of rotatable bonds is 0. The van der Waals surface area contributed by atoms with Crippen LogP contribution in [0.5, 0.6) is 0 Å². The molecule has 1 atom stereocenters. The lowest BCUT2D eigenvalue weighted by atomic mass is 9.76. The second kappa shape index (κ2) is 1.21. The van der Waals surface area contributed by atoms with E-state index < -0.39 is 0 Å². The summed E-state index contributed by atoms with van der Waals surface area (Å²) in [5.74, 6) is 1.01. The van der Waals surface area contributed by atoms with E-state index in [4.69, 9.17) is 0 Å². The van der Waals surface area contributed by atoms with E-state index in [-0.39, 0.29) is 0 Å². The van der Waals surface area contributed by atoms with Gasteiger partial charge in [0.1, 0.15) is 0 Å². The van der Waals surface area contributed by atoms with Crippen LogP contribution in [-0.2, 0) is 0 Å². The van der Waals surface area contributed by atoms with Crippen molar-refractivity contribution in [2.75, 3.05) is 0 Å². The Labute approximate surface area is 57.6 Å². The van der Waals surface area contributed by atoms with Gasteiger partial charge in [0, 0.05) is 0 Å². The second-order valence-electron chi connectivity index (χ2n) is 4.45. The summed E-state index contributed by atoms with van der Waals surface area (Å²) in [7, 11) is 0. The fourth-order valence-electron chi connectivity index (χ4n) is 2.87. The van der Waals surface area contributed by atoms with Crippen LogP contribution in [0.4, 0.5) is 0 Å². The fraction of sp³-hybridized carbons (Fsp3) is 1.00. The van der Waals surface area contributed by atoms with E-state index in [1.807, 2.05) is 0 Å². The summed E-state index contributed by atoms with van der Waals surface area (Å²) in [6, 6.07) is 0. The maximum atomic E-state index is 2.43. The van der Waals surface area contributed by atoms with Gasteiger partial charge in [-0.25, -0.2) is 0 Å². The molecule has 1 spiro atoms. The standard InChI is InChI=1S/C9H16/c1-7-8(2,3)9(7)5-4-6-9/h7H,4-6H2,1-3H3. The van der Waals surface area contributed by atoms with Gasteiger partial charge in [0.2, 0.25) is 0 Å². The summed E-state index contributed by atoms with van der Waals surface area (Å²) in [6.45, 7) is 7.27. The fourth-order valence-corrected chi connectivity index (χ4v) is 2.87. The van der Waals surface area contributed by atoms with Crippen molar-refractivity contribution in [3.05, 3.63) is 0 Å². The van der Waals surface area contributed by atoms with Crippen LogP contribution in [0.1, 0.15) is 40.0 Å². The Bertz CT molecular complexity index is 140. The van der Waals surface area contributed by atoms with E-state index in [1.165, 1.54) is 19.3 Å². The molecule has 0 aromatic heterocycles. The molecule has 0 aromatic rings. The number of hydrogen-bond acceptors (Lipinski definition) is 0. The van der Waals surface area contributed by atoms with Gasteiger partial charge >= 0.3 is 0 Å². The van der Waals surface area contributed by atoms with Crippen LogP contribution < -0.4 is 0 Å². The van der Waals surface area contributed by atoms with E-state index in [2.05, 4.69) is 20.8 Å². The molecule has 2 aliphatic carbocycles. The summed E-state index contributed by atoms with van der Waals surface area (Å²) >= 11 is 0. The minimum atomic E-state index is 0.700. The molecular formula is C9H16. The topological polar surface area (TPSA) is 0 Å². The Hall–Kier alpha value is 0. The van der Waals surface area contributed by atoms with Crippen LogP contribution in [-0.4, -0.2) is 0 Å². The monoisotopic (exact) mass is 124 g/mol. The van der Waals surface area contributed by atoms with Gasteiger partial charge in [-0.05, 0) is 29.6 Å². The summed E-state index contributed by atoms with van der Waals surface area (Å²) in [5.41, 5.74) is 1.53. The predicted molar refractivity (Wildman–Crippen MR) is 39.2 cm³/mol. The summed E-state index contributed by atoms with van der Waals surface area (Å²) < 4.78 is 0. The van der Waals surface area contributed by atoms with E-state index in [0.29, 0.717) is 5.41 Å². The molecule has 0 aromatic carbocycles. The first kappa shape index (κ1) is 5.76. The molecule has 0 bridgehead atoms. The first-order chi connectivity index (χ1) is 4.11. The van der Waals surface area contributed by atoms with Gasteiger partial charge < -0.3 is 0 Å². The maximum Gasteiger partial charge on any atom is -0.0213 e. The minimum absolute atomic E-state index is 0.700. The van der Waals surface area contributed by atoms with Gasteiger partial charge in [-0.2, -0.15) is 0 Å². The Morgan fingerprint density at radius 3 is 1.67 bits per heavy atom. The zero-order valence-corrected chi connectivity index (χ0v) is 6.70. The van der Waals surface area contributed by atoms with Gasteiger partial charge in [0.05, 0.1) is 0 Å². The molecule has 2 rings (SSSR count). The lowest BCUT2D eigenvalue weighted by molar-refractivity contribution is 0.215. The Morgan fingerprint density at radius 1 is 1.22 bits per heavy atom. The predicted octanol–water partition coefficient (Wildman–Crippen LogP) is 2.83. The smallest absolute Gasteiger partial charge is 0.0213 e. The van der Waals surface area contributed by atoms with Crippen molar-refractivity contribution in [2.45, 2.75) is 40.0 Å². The van der Waals surface area contributed by atoms with Crippen molar-refractivity contribution >= 4 is 0 Å². The van der Waals surface area contributed by atoms with Crippen LogP contribution in [0, 0.1) is 16.7 Å². The molecule has 0 heterocycles. The van der Waals surface area contributed by atoms with E-state index in [9.17, 15) is 0 Å². The van der Waals surface area contributed by atoms with Gasteiger partial charge in [-0.15, -0.1) is 0 Å². The average Bonchev–Trinajstić information content (AvgIpc) is 2.01. The van der Waals surface area contributed by atoms with Crippen molar-refractivity contribution < 1.29 is 0 Å². The lowest BCUT2D eigenvalue weighted by Crippen LogP contribution is -2.18. The van der Waals surface area contributed by atoms with Crippen LogP contribution in [0.15, 0.2) is 0 Å². The van der Waals surface area contributed by atoms with Crippen molar-refractivity contribution in [3.8, 4) is 0 Å². The first-order valence-corrected chi connectivity index (χ1v) is 4.11. The highest BCUT2D eigenvalue weighted by atomic mass is 14.7. The minimum Gasteiger partial charge on any atom is -0.0614 e. The van der Waals surface area contributed by atoms with Crippen LogP contribution >= 0.6 is 0 Å². The van der Waals surface area contributed by atoms with E-state index in [0.717, 1.165) is 11.3 Å². The molecule has 52 valence electrons. The molecule has 0 amide bonds. The molecule has 0 N–H and O–H groups in total. The van der Waals surface area contributed by atoms with Gasteiger partial charge in [-0.3, -0.25) is 0 Å². The third kappa shape index (κ3) is 0.395. The first-order valence-electron chi connectivity index (χ1n) is 4.11. The highest BCUT2D eigenvalue weighted by molar-refractivity contribution is 5.18. The Kier molecular flexibility index (Phi) is 0.774. The molecule has 0 aliphatic heterocycles. The highest BCUT2D eigenvalue weighted by Gasteiger charge is 2.70. The zero-order valence-electron chi connectivity index (χ0n) is 6.70. The number of hydrogen-bond donors (Lipinski definition) is 0. The second-order valence-corrected chi connectivity index (χ2v) is 4.45. The maximum absolute atomic E-state index is 2.43. The lowest BCUT2D eigenvalue weighted by Gasteiger charge is -2.29. The highest BCUT2D eigenvalue weighted by Crippen LogP contribution is 2.77. The summed E-state index contributed by atoms with van der Waals surface area (Å²) in [4.78, 5) is 0. The SMILES string of the molecule is CC1C(C)(C)C12CCC2. The van der Waals surface area contributed by atoms with Crippen molar-refractivity contribution in [1.82, 2.24) is 0 Å². The van der Waals surface area contributed by atoms with E-state index >= 15 is 0 Å². The quantitative estimate of drug-likeness (QED) is 0.466. The van der Waals surface area contributed by atoms with Crippen LogP contribution in [0.2, 0.25) is 0 Å². The van der Waals surface area contributed by atoms with Crippen LogP contribution in [0.25, 0.3) is 0 Å². The van der Waals surface area contributed by atoms with E-state index in [1.54, 1.807) is 0 Å². The normalized spacial score (nSPS) is 42.3. The van der Waals surface area contributed by atoms with Gasteiger partial charge in [0.25, 0.3) is 0 Å². The largest absolute Gasteiger partial charge is 0.0614 e. The van der Waals surface area contributed by atoms with Gasteiger partial charge in [-0.1, -0.05) is 27.2 Å². The molecule has 1 unspecified atom stereocenters. The molecule has 2 aliphatic rings. The Balaban J connectivity index is 2.19. The van der Waals surface area contributed by atoms with Gasteiger partial charge in [0.15, 0.2) is 0 Å². The Morgan fingerprint density at radius 2 is 1.67 bits per heavy atom. The molecule has 0 saturated heterocycles. The summed E-state index contributed by atoms with van der Waals surface area (Å²) in [6.07, 6.45) is 4.52. The molecule has 0 heteroatoms. The summed E-state index contributed by atoms with van der Waals surface area (Å²) in [5, 5.41) is 0. The van der Waals surface area contributed by atoms with Crippen molar-refractivity contribution in [3.63, 3.8) is 0 Å². The zero-order chi connectivity index (χ0) is 6.70. The van der Waals surface area contributed by atoms with Crippen LogP contribution in [0.3, 0.4) is 0 Å². The molecule has 2 fully saturated rings. The molecule has 2 saturated carbocycles.